The molecule has 0 aliphatic rings. The lowest BCUT2D eigenvalue weighted by Gasteiger charge is -2.19. The highest BCUT2D eigenvalue weighted by Gasteiger charge is 2.13. The van der Waals surface area contributed by atoms with Gasteiger partial charge < -0.3 is 15.8 Å². The summed E-state index contributed by atoms with van der Waals surface area (Å²) >= 11 is 0. The first kappa shape index (κ1) is 14.5. The summed E-state index contributed by atoms with van der Waals surface area (Å²) in [7, 11) is 1.56. The molecule has 1 heterocycles. The molecule has 1 atom stereocenters. The molecule has 3 N–H and O–H groups in total. The Morgan fingerprint density at radius 3 is 2.67 bits per heavy atom. The van der Waals surface area contributed by atoms with Gasteiger partial charge in [0.2, 0.25) is 5.88 Å². The highest BCUT2D eigenvalue weighted by molar-refractivity contribution is 5.66. The van der Waals surface area contributed by atoms with E-state index < -0.39 is 0 Å². The summed E-state index contributed by atoms with van der Waals surface area (Å²) < 4.78 is 5.09. The zero-order valence-corrected chi connectivity index (χ0v) is 11.6. The number of ether oxygens (including phenoxy) is 1. The van der Waals surface area contributed by atoms with Crippen LogP contribution in [0.5, 0.6) is 5.88 Å². The average Bonchev–Trinajstić information content (AvgIpc) is 2.38. The molecule has 0 aromatic carbocycles. The Kier molecular flexibility index (Phi) is 6.25. The SMILES string of the molecule is CCCCC(CCC)Nc1ncnc(OC)c1N. The lowest BCUT2D eigenvalue weighted by atomic mass is 10.1. The van der Waals surface area contributed by atoms with Crippen LogP contribution < -0.4 is 15.8 Å². The van der Waals surface area contributed by atoms with Crippen LogP contribution in [0.1, 0.15) is 46.0 Å². The van der Waals surface area contributed by atoms with E-state index in [1.165, 1.54) is 19.2 Å². The normalized spacial score (nSPS) is 12.2. The molecular formula is C13H24N4O. The van der Waals surface area contributed by atoms with E-state index in [2.05, 4.69) is 29.1 Å². The molecule has 0 radical (unpaired) electrons. The topological polar surface area (TPSA) is 73.1 Å². The number of rotatable bonds is 8. The van der Waals surface area contributed by atoms with Crippen LogP contribution in [0.25, 0.3) is 0 Å². The molecule has 0 bridgehead atoms. The summed E-state index contributed by atoms with van der Waals surface area (Å²) in [6.45, 7) is 4.38. The van der Waals surface area contributed by atoms with Crippen LogP contribution in [0, 0.1) is 0 Å². The maximum atomic E-state index is 5.95. The molecule has 0 aliphatic carbocycles. The third-order valence-corrected chi connectivity index (χ3v) is 2.92. The number of aromatic nitrogens is 2. The fourth-order valence-electron chi connectivity index (χ4n) is 1.94. The molecule has 0 saturated carbocycles. The van der Waals surface area contributed by atoms with Crippen molar-refractivity contribution < 1.29 is 4.74 Å². The zero-order chi connectivity index (χ0) is 13.4. The maximum absolute atomic E-state index is 5.95. The monoisotopic (exact) mass is 252 g/mol. The average molecular weight is 252 g/mol. The van der Waals surface area contributed by atoms with Gasteiger partial charge in [-0.05, 0) is 12.8 Å². The Morgan fingerprint density at radius 2 is 2.06 bits per heavy atom. The molecule has 1 aromatic heterocycles. The minimum atomic E-state index is 0.414. The van der Waals surface area contributed by atoms with Gasteiger partial charge in [-0.25, -0.2) is 4.98 Å². The molecule has 0 aliphatic heterocycles. The van der Waals surface area contributed by atoms with Crippen molar-refractivity contribution in [2.45, 2.75) is 52.0 Å². The fraction of sp³-hybridized carbons (Fsp3) is 0.692. The number of nitrogen functional groups attached to an aromatic ring is 1. The second-order valence-corrected chi connectivity index (χ2v) is 4.42. The van der Waals surface area contributed by atoms with E-state index in [0.717, 1.165) is 19.3 Å². The first-order valence-electron chi connectivity index (χ1n) is 6.63. The third-order valence-electron chi connectivity index (χ3n) is 2.92. The van der Waals surface area contributed by atoms with Crippen molar-refractivity contribution in [3.8, 4) is 5.88 Å². The number of hydrogen-bond donors (Lipinski definition) is 2. The van der Waals surface area contributed by atoms with Crippen molar-refractivity contribution in [3.05, 3.63) is 6.33 Å². The zero-order valence-electron chi connectivity index (χ0n) is 11.6. The van der Waals surface area contributed by atoms with Gasteiger partial charge in [0.15, 0.2) is 5.82 Å². The van der Waals surface area contributed by atoms with Crippen LogP contribution in [0.3, 0.4) is 0 Å². The van der Waals surface area contributed by atoms with E-state index in [1.54, 1.807) is 7.11 Å². The minimum Gasteiger partial charge on any atom is -0.479 e. The Labute approximate surface area is 109 Å². The molecule has 1 aromatic rings. The Balaban J connectivity index is 2.73. The summed E-state index contributed by atoms with van der Waals surface area (Å²) in [6.07, 6.45) is 7.27. The van der Waals surface area contributed by atoms with Gasteiger partial charge in [-0.2, -0.15) is 4.98 Å². The molecule has 0 spiro atoms. The van der Waals surface area contributed by atoms with Crippen molar-refractivity contribution in [1.29, 1.82) is 0 Å². The Bertz CT molecular complexity index is 357. The first-order valence-corrected chi connectivity index (χ1v) is 6.63. The molecule has 102 valence electrons. The van der Waals surface area contributed by atoms with E-state index in [-0.39, 0.29) is 0 Å². The quantitative estimate of drug-likeness (QED) is 0.744. The van der Waals surface area contributed by atoms with Gasteiger partial charge >= 0.3 is 0 Å². The minimum absolute atomic E-state index is 0.414. The number of methoxy groups -OCH3 is 1. The molecule has 18 heavy (non-hydrogen) atoms. The van der Waals surface area contributed by atoms with E-state index in [1.807, 2.05) is 0 Å². The second kappa shape index (κ2) is 7.74. The smallest absolute Gasteiger partial charge is 0.242 e. The van der Waals surface area contributed by atoms with Crippen molar-refractivity contribution in [2.75, 3.05) is 18.2 Å². The van der Waals surface area contributed by atoms with Gasteiger partial charge in [-0.3, -0.25) is 0 Å². The van der Waals surface area contributed by atoms with Gasteiger partial charge in [-0.1, -0.05) is 33.1 Å². The molecule has 1 unspecified atom stereocenters. The van der Waals surface area contributed by atoms with Gasteiger partial charge in [0.1, 0.15) is 12.0 Å². The van der Waals surface area contributed by atoms with Gasteiger partial charge in [0.05, 0.1) is 7.11 Å². The van der Waals surface area contributed by atoms with E-state index >= 15 is 0 Å². The van der Waals surface area contributed by atoms with Crippen LogP contribution >= 0.6 is 0 Å². The van der Waals surface area contributed by atoms with Crippen molar-refractivity contribution in [2.24, 2.45) is 0 Å². The van der Waals surface area contributed by atoms with Crippen LogP contribution in [0.4, 0.5) is 11.5 Å². The molecule has 5 nitrogen and oxygen atoms in total. The summed E-state index contributed by atoms with van der Waals surface area (Å²) in [5, 5.41) is 3.40. The molecule has 0 saturated heterocycles. The highest BCUT2D eigenvalue weighted by Crippen LogP contribution is 2.25. The third kappa shape index (κ3) is 4.05. The number of nitrogens with two attached hydrogens (primary N) is 1. The lowest BCUT2D eigenvalue weighted by Crippen LogP contribution is -2.21. The van der Waals surface area contributed by atoms with Crippen LogP contribution in [0.2, 0.25) is 0 Å². The number of anilines is 2. The molecule has 0 fully saturated rings. The first-order chi connectivity index (χ1) is 8.72. The van der Waals surface area contributed by atoms with Gasteiger partial charge in [0.25, 0.3) is 0 Å². The summed E-state index contributed by atoms with van der Waals surface area (Å²) in [6, 6.07) is 0.414. The van der Waals surface area contributed by atoms with Gasteiger partial charge in [0, 0.05) is 6.04 Å². The van der Waals surface area contributed by atoms with Crippen LogP contribution in [-0.2, 0) is 0 Å². The van der Waals surface area contributed by atoms with E-state index in [4.69, 9.17) is 10.5 Å². The lowest BCUT2D eigenvalue weighted by molar-refractivity contribution is 0.399. The summed E-state index contributed by atoms with van der Waals surface area (Å²) in [4.78, 5) is 8.16. The molecular weight excluding hydrogens is 228 g/mol. The number of nitrogens with zero attached hydrogens (tertiary/aromatic N) is 2. The predicted octanol–water partition coefficient (Wildman–Crippen LogP) is 2.84. The molecule has 0 amide bonds. The number of nitrogens with one attached hydrogen (secondary N) is 1. The highest BCUT2D eigenvalue weighted by atomic mass is 16.5. The maximum Gasteiger partial charge on any atom is 0.242 e. The summed E-state index contributed by atoms with van der Waals surface area (Å²) in [5.41, 5.74) is 6.44. The van der Waals surface area contributed by atoms with E-state index in [0.29, 0.717) is 23.4 Å². The van der Waals surface area contributed by atoms with Crippen molar-refractivity contribution >= 4 is 11.5 Å². The molecule has 1 rings (SSSR count). The van der Waals surface area contributed by atoms with Gasteiger partial charge in [-0.15, -0.1) is 0 Å². The number of hydrogen-bond acceptors (Lipinski definition) is 5. The van der Waals surface area contributed by atoms with E-state index in [9.17, 15) is 0 Å². The Morgan fingerprint density at radius 1 is 1.28 bits per heavy atom. The van der Waals surface area contributed by atoms with Crippen molar-refractivity contribution in [1.82, 2.24) is 9.97 Å². The largest absolute Gasteiger partial charge is 0.479 e. The second-order valence-electron chi connectivity index (χ2n) is 4.42. The van der Waals surface area contributed by atoms with Crippen molar-refractivity contribution in [3.63, 3.8) is 0 Å². The van der Waals surface area contributed by atoms with Crippen LogP contribution in [-0.4, -0.2) is 23.1 Å². The number of unbranched alkanes of at least 4 members (excludes halogenated alkanes) is 1. The summed E-state index contributed by atoms with van der Waals surface area (Å²) in [5.74, 6) is 1.11. The fourth-order valence-corrected chi connectivity index (χ4v) is 1.94. The van der Waals surface area contributed by atoms with Crippen LogP contribution in [0.15, 0.2) is 6.33 Å². The molecule has 5 heteroatoms. The standard InChI is InChI=1S/C13H24N4O/c1-4-6-8-10(7-5-2)17-12-11(14)13(18-3)16-9-15-12/h9-10H,4-8,14H2,1-3H3,(H,15,16,17). The predicted molar refractivity (Wildman–Crippen MR) is 74.8 cm³/mol. The Hall–Kier alpha value is -1.52.